The minimum Gasteiger partial charge on any atom is -0.340 e. The summed E-state index contributed by atoms with van der Waals surface area (Å²) in [6.45, 7) is 2.05. The SMILES string of the molecule is Cc1cccc(-c2cc(Nc3ccc(C(=O)Nc4cccc(Cl)c4)cc3)ncn2)c1. The molecule has 0 aliphatic heterocycles. The number of hydrogen-bond acceptors (Lipinski definition) is 4. The molecule has 148 valence electrons. The molecule has 4 rings (SSSR count). The van der Waals surface area contributed by atoms with Gasteiger partial charge in [0, 0.05) is 33.6 Å². The number of halogens is 1. The van der Waals surface area contributed by atoms with Crippen LogP contribution in [0, 0.1) is 6.92 Å². The molecule has 0 unspecified atom stereocenters. The molecule has 0 radical (unpaired) electrons. The normalized spacial score (nSPS) is 10.5. The summed E-state index contributed by atoms with van der Waals surface area (Å²) in [6, 6.07) is 24.3. The fourth-order valence-electron chi connectivity index (χ4n) is 3.01. The van der Waals surface area contributed by atoms with Gasteiger partial charge < -0.3 is 10.6 Å². The first-order valence-corrected chi connectivity index (χ1v) is 9.78. The van der Waals surface area contributed by atoms with Crippen molar-refractivity contribution in [3.63, 3.8) is 0 Å². The molecule has 4 aromatic rings. The van der Waals surface area contributed by atoms with Gasteiger partial charge in [0.1, 0.15) is 12.1 Å². The van der Waals surface area contributed by atoms with Crippen molar-refractivity contribution in [2.45, 2.75) is 6.92 Å². The van der Waals surface area contributed by atoms with Crippen molar-refractivity contribution in [1.82, 2.24) is 9.97 Å². The lowest BCUT2D eigenvalue weighted by Crippen LogP contribution is -2.11. The molecule has 0 spiro atoms. The van der Waals surface area contributed by atoms with Crippen molar-refractivity contribution in [3.8, 4) is 11.3 Å². The minimum absolute atomic E-state index is 0.201. The van der Waals surface area contributed by atoms with Crippen molar-refractivity contribution in [2.75, 3.05) is 10.6 Å². The molecule has 6 heteroatoms. The smallest absolute Gasteiger partial charge is 0.255 e. The minimum atomic E-state index is -0.201. The summed E-state index contributed by atoms with van der Waals surface area (Å²) in [6.07, 6.45) is 1.53. The zero-order valence-corrected chi connectivity index (χ0v) is 17.0. The van der Waals surface area contributed by atoms with Crippen molar-refractivity contribution < 1.29 is 4.79 Å². The largest absolute Gasteiger partial charge is 0.340 e. The van der Waals surface area contributed by atoms with Gasteiger partial charge in [-0.25, -0.2) is 9.97 Å². The van der Waals surface area contributed by atoms with Crippen LogP contribution in [0.4, 0.5) is 17.2 Å². The molecule has 3 aromatic carbocycles. The van der Waals surface area contributed by atoms with Crippen LogP contribution in [0.1, 0.15) is 15.9 Å². The van der Waals surface area contributed by atoms with E-state index in [4.69, 9.17) is 11.6 Å². The summed E-state index contributed by atoms with van der Waals surface area (Å²) >= 11 is 5.96. The second-order valence-corrected chi connectivity index (χ2v) is 7.26. The number of amides is 1. The molecule has 0 atom stereocenters. The summed E-state index contributed by atoms with van der Waals surface area (Å²) in [5, 5.41) is 6.66. The Morgan fingerprint density at radius 3 is 2.43 bits per heavy atom. The summed E-state index contributed by atoms with van der Waals surface area (Å²) in [5.41, 5.74) is 5.07. The molecule has 5 nitrogen and oxygen atoms in total. The van der Waals surface area contributed by atoms with Crippen LogP contribution in [0.2, 0.25) is 5.02 Å². The molecule has 0 aliphatic carbocycles. The van der Waals surface area contributed by atoms with Crippen LogP contribution in [0.3, 0.4) is 0 Å². The van der Waals surface area contributed by atoms with Gasteiger partial charge in [0.2, 0.25) is 0 Å². The monoisotopic (exact) mass is 414 g/mol. The maximum absolute atomic E-state index is 12.4. The van der Waals surface area contributed by atoms with Crippen LogP contribution >= 0.6 is 11.6 Å². The van der Waals surface area contributed by atoms with Gasteiger partial charge in [0.15, 0.2) is 0 Å². The van der Waals surface area contributed by atoms with Crippen LogP contribution in [0.25, 0.3) is 11.3 Å². The van der Waals surface area contributed by atoms with Crippen LogP contribution in [0.15, 0.2) is 85.2 Å². The highest BCUT2D eigenvalue weighted by Crippen LogP contribution is 2.22. The fraction of sp³-hybridized carbons (Fsp3) is 0.0417. The van der Waals surface area contributed by atoms with Crippen LogP contribution in [-0.2, 0) is 0 Å². The first-order valence-electron chi connectivity index (χ1n) is 9.40. The highest BCUT2D eigenvalue weighted by Gasteiger charge is 2.07. The van der Waals surface area contributed by atoms with E-state index < -0.39 is 0 Å². The van der Waals surface area contributed by atoms with Gasteiger partial charge in [-0.05, 0) is 55.5 Å². The van der Waals surface area contributed by atoms with Gasteiger partial charge in [-0.3, -0.25) is 4.79 Å². The van der Waals surface area contributed by atoms with Gasteiger partial charge in [-0.15, -0.1) is 0 Å². The van der Waals surface area contributed by atoms with Crippen molar-refractivity contribution >= 4 is 34.7 Å². The second kappa shape index (κ2) is 8.76. The molecule has 30 heavy (non-hydrogen) atoms. The third-order valence-corrected chi connectivity index (χ3v) is 4.72. The average molecular weight is 415 g/mol. The van der Waals surface area contributed by atoms with E-state index >= 15 is 0 Å². The van der Waals surface area contributed by atoms with Gasteiger partial charge in [0.25, 0.3) is 5.91 Å². The number of carbonyl (C=O) groups is 1. The molecule has 0 aliphatic rings. The van der Waals surface area contributed by atoms with Crippen molar-refractivity contribution in [1.29, 1.82) is 0 Å². The van der Waals surface area contributed by atoms with E-state index in [0.29, 0.717) is 22.1 Å². The third-order valence-electron chi connectivity index (χ3n) is 4.48. The van der Waals surface area contributed by atoms with Gasteiger partial charge in [-0.2, -0.15) is 0 Å². The lowest BCUT2D eigenvalue weighted by Gasteiger charge is -2.09. The Labute approximate surface area is 179 Å². The van der Waals surface area contributed by atoms with E-state index in [1.54, 1.807) is 36.4 Å². The lowest BCUT2D eigenvalue weighted by molar-refractivity contribution is 0.102. The number of aryl methyl sites for hydroxylation is 1. The Hall–Kier alpha value is -3.70. The van der Waals surface area contributed by atoms with Gasteiger partial charge in [-0.1, -0.05) is 41.4 Å². The zero-order valence-electron chi connectivity index (χ0n) is 16.3. The molecular formula is C24H19ClN4O. The lowest BCUT2D eigenvalue weighted by atomic mass is 10.1. The van der Waals surface area contributed by atoms with E-state index in [9.17, 15) is 4.79 Å². The van der Waals surface area contributed by atoms with Crippen LogP contribution < -0.4 is 10.6 Å². The molecular weight excluding hydrogens is 396 g/mol. The number of hydrogen-bond donors (Lipinski definition) is 2. The van der Waals surface area contributed by atoms with E-state index in [-0.39, 0.29) is 5.91 Å². The Morgan fingerprint density at radius 1 is 0.867 bits per heavy atom. The predicted octanol–water partition coefficient (Wildman–Crippen LogP) is 6.10. The highest BCUT2D eigenvalue weighted by atomic mass is 35.5. The second-order valence-electron chi connectivity index (χ2n) is 6.82. The number of anilines is 3. The zero-order chi connectivity index (χ0) is 20.9. The van der Waals surface area contributed by atoms with Gasteiger partial charge in [0.05, 0.1) is 5.69 Å². The maximum atomic E-state index is 12.4. The first-order chi connectivity index (χ1) is 14.6. The Morgan fingerprint density at radius 2 is 1.67 bits per heavy atom. The highest BCUT2D eigenvalue weighted by molar-refractivity contribution is 6.31. The maximum Gasteiger partial charge on any atom is 0.255 e. The third kappa shape index (κ3) is 4.82. The number of benzene rings is 3. The Kier molecular flexibility index (Phi) is 5.72. The topological polar surface area (TPSA) is 66.9 Å². The van der Waals surface area contributed by atoms with Gasteiger partial charge >= 0.3 is 0 Å². The molecule has 0 bridgehead atoms. The number of nitrogens with zero attached hydrogens (tertiary/aromatic N) is 2. The number of rotatable bonds is 5. The molecule has 0 saturated heterocycles. The Balaban J connectivity index is 1.46. The quantitative estimate of drug-likeness (QED) is 0.414. The van der Waals surface area contributed by atoms with Crippen LogP contribution in [0.5, 0.6) is 0 Å². The summed E-state index contributed by atoms with van der Waals surface area (Å²) < 4.78 is 0. The van der Waals surface area contributed by atoms with E-state index in [2.05, 4.69) is 26.7 Å². The molecule has 1 aromatic heterocycles. The first kappa shape index (κ1) is 19.6. The summed E-state index contributed by atoms with van der Waals surface area (Å²) in [7, 11) is 0. The summed E-state index contributed by atoms with van der Waals surface area (Å²) in [5.74, 6) is 0.477. The number of aromatic nitrogens is 2. The standard InChI is InChI=1S/C24H19ClN4O/c1-16-4-2-5-18(12-16)22-14-23(27-15-26-22)28-20-10-8-17(9-11-20)24(30)29-21-7-3-6-19(25)13-21/h2-15H,1H3,(H,29,30)(H,26,27,28). The Bertz CT molecular complexity index is 1190. The molecule has 0 fully saturated rings. The molecule has 0 saturated carbocycles. The summed E-state index contributed by atoms with van der Waals surface area (Å²) in [4.78, 5) is 21.1. The average Bonchev–Trinajstić information content (AvgIpc) is 2.74. The number of carbonyl (C=O) groups excluding carboxylic acids is 1. The van der Waals surface area contributed by atoms with E-state index in [1.165, 1.54) is 11.9 Å². The van der Waals surface area contributed by atoms with Crippen molar-refractivity contribution in [2.24, 2.45) is 0 Å². The molecule has 1 amide bonds. The molecule has 2 N–H and O–H groups in total. The van der Waals surface area contributed by atoms with E-state index in [0.717, 1.165) is 16.9 Å². The number of nitrogens with one attached hydrogen (secondary N) is 2. The fourth-order valence-corrected chi connectivity index (χ4v) is 3.20. The van der Waals surface area contributed by atoms with Crippen LogP contribution in [-0.4, -0.2) is 15.9 Å². The molecule has 1 heterocycles. The predicted molar refractivity (Wildman–Crippen MR) is 121 cm³/mol. The van der Waals surface area contributed by atoms with Crippen molar-refractivity contribution in [3.05, 3.63) is 101 Å². The van der Waals surface area contributed by atoms with E-state index in [1.807, 2.05) is 43.3 Å².